The van der Waals surface area contributed by atoms with Gasteiger partial charge in [0.25, 0.3) is 0 Å². The molecule has 3 amide bonds. The summed E-state index contributed by atoms with van der Waals surface area (Å²) in [5.74, 6) is -2.15. The Hall–Kier alpha value is -3.53. The second kappa shape index (κ2) is 16.0. The zero-order chi connectivity index (χ0) is 29.8. The van der Waals surface area contributed by atoms with Crippen molar-refractivity contribution in [2.75, 3.05) is 39.3 Å². The molecule has 0 radical (unpaired) electrons. The van der Waals surface area contributed by atoms with Crippen LogP contribution in [0.4, 0.5) is 8.78 Å². The normalized spacial score (nSPS) is 10.8. The zero-order valence-corrected chi connectivity index (χ0v) is 23.9. The average Bonchev–Trinajstić information content (AvgIpc) is 2.93. The number of hydrogen-bond acceptors (Lipinski definition) is 4. The van der Waals surface area contributed by atoms with E-state index >= 15 is 0 Å². The molecular weight excluding hydrogens is 573 g/mol. The minimum atomic E-state index is -0.688. The number of amides is 3. The van der Waals surface area contributed by atoms with Crippen LogP contribution in [0.15, 0.2) is 66.7 Å². The van der Waals surface area contributed by atoms with Gasteiger partial charge in [-0.2, -0.15) is 0 Å². The van der Waals surface area contributed by atoms with Gasteiger partial charge in [-0.15, -0.1) is 0 Å². The lowest BCUT2D eigenvalue weighted by Gasteiger charge is -2.27. The summed E-state index contributed by atoms with van der Waals surface area (Å²) >= 11 is 12.2. The van der Waals surface area contributed by atoms with Crippen LogP contribution in [0.25, 0.3) is 0 Å². The largest absolute Gasteiger partial charge is 0.368 e. The Kier molecular flexibility index (Phi) is 12.5. The average molecular weight is 606 g/mol. The van der Waals surface area contributed by atoms with Crippen molar-refractivity contribution in [1.29, 1.82) is 0 Å². The highest BCUT2D eigenvalue weighted by Crippen LogP contribution is 2.21. The van der Waals surface area contributed by atoms with E-state index in [1.807, 2.05) is 0 Å². The zero-order valence-electron chi connectivity index (χ0n) is 22.4. The lowest BCUT2D eigenvalue weighted by molar-refractivity contribution is -0.141. The summed E-state index contributed by atoms with van der Waals surface area (Å²) in [7, 11) is 0. The van der Waals surface area contributed by atoms with E-state index in [-0.39, 0.29) is 50.3 Å². The molecule has 218 valence electrons. The van der Waals surface area contributed by atoms with Crippen LogP contribution >= 0.6 is 23.2 Å². The number of halogens is 4. The highest BCUT2D eigenvalue weighted by Gasteiger charge is 2.22. The van der Waals surface area contributed by atoms with Gasteiger partial charge in [-0.1, -0.05) is 53.5 Å². The van der Waals surface area contributed by atoms with Crippen molar-refractivity contribution in [2.24, 2.45) is 5.73 Å². The maximum absolute atomic E-state index is 13.3. The molecule has 3 rings (SSSR count). The molecule has 0 fully saturated rings. The quantitative estimate of drug-likeness (QED) is 0.256. The van der Waals surface area contributed by atoms with Crippen molar-refractivity contribution in [3.8, 4) is 0 Å². The van der Waals surface area contributed by atoms with Gasteiger partial charge in [-0.3, -0.25) is 14.4 Å². The second-order valence-corrected chi connectivity index (χ2v) is 10.4. The maximum atomic E-state index is 13.3. The van der Waals surface area contributed by atoms with Crippen molar-refractivity contribution in [2.45, 2.75) is 19.3 Å². The van der Waals surface area contributed by atoms with Gasteiger partial charge >= 0.3 is 0 Å². The van der Waals surface area contributed by atoms with Gasteiger partial charge in [0.1, 0.15) is 11.6 Å². The number of nitrogens with one attached hydrogen (secondary N) is 1. The number of primary amides is 1. The minimum absolute atomic E-state index is 0.0336. The first-order chi connectivity index (χ1) is 19.6. The first-order valence-corrected chi connectivity index (χ1v) is 13.8. The molecule has 3 N–H and O–H groups in total. The van der Waals surface area contributed by atoms with Gasteiger partial charge in [0.2, 0.25) is 17.7 Å². The van der Waals surface area contributed by atoms with E-state index in [9.17, 15) is 23.2 Å². The number of carbonyl (C=O) groups excluding carboxylic acids is 3. The van der Waals surface area contributed by atoms with Crippen molar-refractivity contribution < 1.29 is 23.2 Å². The molecule has 41 heavy (non-hydrogen) atoms. The highest BCUT2D eigenvalue weighted by molar-refractivity contribution is 6.35. The Balaban J connectivity index is 1.65. The molecule has 0 saturated heterocycles. The molecule has 0 aromatic heterocycles. The summed E-state index contributed by atoms with van der Waals surface area (Å²) in [6, 6.07) is 17.0. The topological polar surface area (TPSA) is 95.7 Å². The molecule has 0 aliphatic carbocycles. The first kappa shape index (κ1) is 32.0. The number of carbonyl (C=O) groups is 3. The van der Waals surface area contributed by atoms with Crippen LogP contribution in [0, 0.1) is 11.6 Å². The van der Waals surface area contributed by atoms with Crippen LogP contribution in [0.1, 0.15) is 16.7 Å². The van der Waals surface area contributed by atoms with Gasteiger partial charge in [-0.05, 0) is 78.9 Å². The molecule has 0 aliphatic rings. The van der Waals surface area contributed by atoms with Gasteiger partial charge in [0.05, 0.1) is 19.6 Å². The summed E-state index contributed by atoms with van der Waals surface area (Å²) in [6.07, 6.45) is 1.33. The Labute approximate surface area is 248 Å². The van der Waals surface area contributed by atoms with Crippen LogP contribution in [0.3, 0.4) is 0 Å². The summed E-state index contributed by atoms with van der Waals surface area (Å²) < 4.78 is 26.5. The van der Waals surface area contributed by atoms with Crippen LogP contribution in [0.5, 0.6) is 0 Å². The Morgan fingerprint density at radius 3 is 1.88 bits per heavy atom. The summed E-state index contributed by atoms with van der Waals surface area (Å²) in [4.78, 5) is 40.9. The molecule has 0 spiro atoms. The van der Waals surface area contributed by atoms with E-state index in [4.69, 9.17) is 28.9 Å². The standard InChI is InChI=1S/C30H32Cl2F2N4O3/c31-24-6-5-23(27(32)17-24)13-16-37(19-28(35)39)30(41)20-38(15-12-22-3-9-26(34)10-4-22)29(40)18-36-14-11-21-1-7-25(33)8-2-21/h1-10,17,36H,11-16,18-20H2,(H2,35,39). The lowest BCUT2D eigenvalue weighted by Crippen LogP contribution is -2.48. The third-order valence-electron chi connectivity index (χ3n) is 6.41. The van der Waals surface area contributed by atoms with Crippen LogP contribution < -0.4 is 11.1 Å². The van der Waals surface area contributed by atoms with Crippen LogP contribution in [-0.2, 0) is 33.6 Å². The summed E-state index contributed by atoms with van der Waals surface area (Å²) in [5.41, 5.74) is 7.86. The third kappa shape index (κ3) is 11.1. The van der Waals surface area contributed by atoms with Crippen molar-refractivity contribution >= 4 is 40.9 Å². The fraction of sp³-hybridized carbons (Fsp3) is 0.300. The van der Waals surface area contributed by atoms with E-state index in [0.29, 0.717) is 35.9 Å². The molecule has 0 aliphatic heterocycles. The molecular formula is C30H32Cl2F2N4O3. The molecule has 0 atom stereocenters. The van der Waals surface area contributed by atoms with Crippen molar-refractivity contribution in [3.05, 3.63) is 105 Å². The van der Waals surface area contributed by atoms with Crippen molar-refractivity contribution in [1.82, 2.24) is 15.1 Å². The maximum Gasteiger partial charge on any atom is 0.242 e. The number of benzene rings is 3. The molecule has 3 aromatic carbocycles. The predicted molar refractivity (Wildman–Crippen MR) is 156 cm³/mol. The van der Waals surface area contributed by atoms with E-state index in [1.165, 1.54) is 34.1 Å². The fourth-order valence-corrected chi connectivity index (χ4v) is 4.62. The monoisotopic (exact) mass is 604 g/mol. The van der Waals surface area contributed by atoms with Gasteiger partial charge in [0, 0.05) is 23.1 Å². The predicted octanol–water partition coefficient (Wildman–Crippen LogP) is 4.03. The lowest BCUT2D eigenvalue weighted by atomic mass is 10.1. The smallest absolute Gasteiger partial charge is 0.242 e. The Morgan fingerprint density at radius 1 is 0.732 bits per heavy atom. The SMILES string of the molecule is NC(=O)CN(CCc1ccc(Cl)cc1Cl)C(=O)CN(CCc1ccc(F)cc1)C(=O)CNCCc1ccc(F)cc1. The van der Waals surface area contributed by atoms with Crippen molar-refractivity contribution in [3.63, 3.8) is 0 Å². The number of hydrogen-bond donors (Lipinski definition) is 2. The second-order valence-electron chi connectivity index (χ2n) is 9.51. The van der Waals surface area contributed by atoms with E-state index in [1.54, 1.807) is 42.5 Å². The van der Waals surface area contributed by atoms with E-state index in [2.05, 4.69) is 5.32 Å². The number of nitrogens with two attached hydrogens (primary N) is 1. The van der Waals surface area contributed by atoms with Gasteiger partial charge < -0.3 is 20.9 Å². The van der Waals surface area contributed by atoms with Crippen LogP contribution in [0.2, 0.25) is 10.0 Å². The summed E-state index contributed by atoms with van der Waals surface area (Å²) in [5, 5.41) is 3.98. The molecule has 7 nitrogen and oxygen atoms in total. The molecule has 3 aromatic rings. The Bertz CT molecular complexity index is 1320. The fourth-order valence-electron chi connectivity index (χ4n) is 4.12. The first-order valence-electron chi connectivity index (χ1n) is 13.1. The number of nitrogens with zero attached hydrogens (tertiary/aromatic N) is 2. The molecule has 0 saturated carbocycles. The minimum Gasteiger partial charge on any atom is -0.368 e. The highest BCUT2D eigenvalue weighted by atomic mass is 35.5. The molecule has 0 bridgehead atoms. The van der Waals surface area contributed by atoms with E-state index < -0.39 is 11.8 Å². The number of rotatable bonds is 15. The molecule has 11 heteroatoms. The van der Waals surface area contributed by atoms with Gasteiger partial charge in [0.15, 0.2) is 0 Å². The Morgan fingerprint density at radius 2 is 1.29 bits per heavy atom. The molecule has 0 heterocycles. The van der Waals surface area contributed by atoms with Crippen LogP contribution in [-0.4, -0.2) is 66.8 Å². The third-order valence-corrected chi connectivity index (χ3v) is 6.99. The van der Waals surface area contributed by atoms with Gasteiger partial charge in [-0.25, -0.2) is 8.78 Å². The van der Waals surface area contributed by atoms with E-state index in [0.717, 1.165) is 16.7 Å². The molecule has 0 unspecified atom stereocenters. The summed E-state index contributed by atoms with van der Waals surface area (Å²) in [6.45, 7) is 0.185.